The van der Waals surface area contributed by atoms with Gasteiger partial charge in [0.15, 0.2) is 5.65 Å². The van der Waals surface area contributed by atoms with E-state index >= 15 is 0 Å². The number of aryl methyl sites for hydroxylation is 1. The van der Waals surface area contributed by atoms with Gasteiger partial charge in [-0.2, -0.15) is 5.10 Å². The fraction of sp³-hybridized carbons (Fsp3) is 0.667. The first-order chi connectivity index (χ1) is 13.0. The summed E-state index contributed by atoms with van der Waals surface area (Å²) < 4.78 is 1.76. The standard InChI is InChI=1S/C18H28N8O.2ClH/c1-18(11-19)3-4-24(12-18)10-15(27)25-5-7-26(8-6-25)17-14-9-22-23(2)16(14)20-13-21-17;;/h9,13H,3-8,10-12,19H2,1-2H3;2*1H. The number of hydrogen-bond donors (Lipinski definition) is 1. The van der Waals surface area contributed by atoms with E-state index in [2.05, 4.69) is 31.8 Å². The Bertz CT molecular complexity index is 838. The molecule has 0 saturated carbocycles. The van der Waals surface area contributed by atoms with Crippen molar-refractivity contribution in [1.82, 2.24) is 29.5 Å². The quantitative estimate of drug-likeness (QED) is 0.733. The zero-order valence-corrected chi connectivity index (χ0v) is 18.6. The lowest BCUT2D eigenvalue weighted by molar-refractivity contribution is -0.132. The van der Waals surface area contributed by atoms with Crippen molar-refractivity contribution in [2.24, 2.45) is 18.2 Å². The van der Waals surface area contributed by atoms with Crippen LogP contribution in [0.15, 0.2) is 12.5 Å². The molecule has 0 spiro atoms. The SMILES string of the molecule is Cl.Cl.Cn1ncc2c(N3CCN(C(=O)CN4CCC(C)(CN)C4)CC3)ncnc21. The molecule has 2 N–H and O–H groups in total. The van der Waals surface area contributed by atoms with Gasteiger partial charge in [-0.25, -0.2) is 9.97 Å². The molecule has 0 aromatic carbocycles. The minimum Gasteiger partial charge on any atom is -0.352 e. The van der Waals surface area contributed by atoms with E-state index in [9.17, 15) is 4.79 Å². The Morgan fingerprint density at radius 2 is 1.90 bits per heavy atom. The van der Waals surface area contributed by atoms with Crippen molar-refractivity contribution in [1.29, 1.82) is 0 Å². The number of rotatable bonds is 4. The first-order valence-corrected chi connectivity index (χ1v) is 9.57. The molecule has 9 nitrogen and oxygen atoms in total. The summed E-state index contributed by atoms with van der Waals surface area (Å²) in [7, 11) is 1.88. The van der Waals surface area contributed by atoms with Gasteiger partial charge in [0.1, 0.15) is 12.1 Å². The number of nitrogens with zero attached hydrogens (tertiary/aromatic N) is 7. The average molecular weight is 445 g/mol. The molecule has 0 bridgehead atoms. The Balaban J connectivity index is 0.00000150. The van der Waals surface area contributed by atoms with E-state index in [1.54, 1.807) is 11.0 Å². The van der Waals surface area contributed by atoms with Crippen LogP contribution in [0, 0.1) is 5.41 Å². The molecule has 11 heteroatoms. The van der Waals surface area contributed by atoms with Crippen LogP contribution in [0.25, 0.3) is 11.0 Å². The Labute approximate surface area is 183 Å². The van der Waals surface area contributed by atoms with E-state index in [1.165, 1.54) is 0 Å². The number of amides is 1. The van der Waals surface area contributed by atoms with Crippen LogP contribution in [0.3, 0.4) is 0 Å². The number of carbonyl (C=O) groups excluding carboxylic acids is 1. The summed E-state index contributed by atoms with van der Waals surface area (Å²) in [6, 6.07) is 0. The van der Waals surface area contributed by atoms with Gasteiger partial charge in [-0.3, -0.25) is 14.4 Å². The molecule has 2 aromatic heterocycles. The van der Waals surface area contributed by atoms with Crippen molar-refractivity contribution >= 4 is 47.6 Å². The Morgan fingerprint density at radius 1 is 1.17 bits per heavy atom. The van der Waals surface area contributed by atoms with Crippen molar-refractivity contribution in [2.75, 3.05) is 57.3 Å². The van der Waals surface area contributed by atoms with Gasteiger partial charge < -0.3 is 15.5 Å². The summed E-state index contributed by atoms with van der Waals surface area (Å²) in [5.41, 5.74) is 6.85. The maximum absolute atomic E-state index is 12.7. The number of anilines is 1. The van der Waals surface area contributed by atoms with E-state index in [1.807, 2.05) is 18.1 Å². The van der Waals surface area contributed by atoms with Crippen LogP contribution in [-0.4, -0.2) is 87.8 Å². The van der Waals surface area contributed by atoms with Crippen molar-refractivity contribution in [3.8, 4) is 0 Å². The number of piperazine rings is 1. The maximum atomic E-state index is 12.7. The summed E-state index contributed by atoms with van der Waals surface area (Å²) >= 11 is 0. The Morgan fingerprint density at radius 3 is 2.55 bits per heavy atom. The largest absolute Gasteiger partial charge is 0.352 e. The van der Waals surface area contributed by atoms with Gasteiger partial charge in [-0.15, -0.1) is 24.8 Å². The van der Waals surface area contributed by atoms with Gasteiger partial charge in [0, 0.05) is 39.8 Å². The lowest BCUT2D eigenvalue weighted by Crippen LogP contribution is -2.51. The van der Waals surface area contributed by atoms with E-state index in [0.717, 1.165) is 49.5 Å². The summed E-state index contributed by atoms with van der Waals surface area (Å²) in [5, 5.41) is 5.24. The first kappa shape index (κ1) is 23.6. The predicted octanol–water partition coefficient (Wildman–Crippen LogP) is 0.526. The highest BCUT2D eigenvalue weighted by Crippen LogP contribution is 2.28. The van der Waals surface area contributed by atoms with E-state index < -0.39 is 0 Å². The lowest BCUT2D eigenvalue weighted by atomic mass is 9.90. The van der Waals surface area contributed by atoms with E-state index in [0.29, 0.717) is 26.2 Å². The van der Waals surface area contributed by atoms with Crippen LogP contribution in [0.4, 0.5) is 5.82 Å². The normalized spacial score (nSPS) is 22.4. The van der Waals surface area contributed by atoms with Gasteiger partial charge in [0.25, 0.3) is 0 Å². The molecule has 1 amide bonds. The highest BCUT2D eigenvalue weighted by atomic mass is 35.5. The summed E-state index contributed by atoms with van der Waals surface area (Å²) in [6.45, 7) is 8.22. The molecule has 2 fully saturated rings. The van der Waals surface area contributed by atoms with Crippen molar-refractivity contribution in [3.05, 3.63) is 12.5 Å². The summed E-state index contributed by atoms with van der Waals surface area (Å²) in [4.78, 5) is 27.9. The number of likely N-dealkylation sites (tertiary alicyclic amines) is 1. The van der Waals surface area contributed by atoms with Crippen LogP contribution in [0.2, 0.25) is 0 Å². The molecule has 162 valence electrons. The summed E-state index contributed by atoms with van der Waals surface area (Å²) in [5.74, 6) is 1.11. The lowest BCUT2D eigenvalue weighted by Gasteiger charge is -2.36. The Hall–Kier alpha value is -1.68. The van der Waals surface area contributed by atoms with Crippen LogP contribution in [0.5, 0.6) is 0 Å². The average Bonchev–Trinajstić information content (AvgIpc) is 3.25. The summed E-state index contributed by atoms with van der Waals surface area (Å²) in [6.07, 6.45) is 4.46. The topological polar surface area (TPSA) is 96.4 Å². The zero-order valence-electron chi connectivity index (χ0n) is 17.0. The van der Waals surface area contributed by atoms with E-state index in [-0.39, 0.29) is 36.1 Å². The van der Waals surface area contributed by atoms with Crippen molar-refractivity contribution in [3.63, 3.8) is 0 Å². The smallest absolute Gasteiger partial charge is 0.236 e. The number of hydrogen-bond acceptors (Lipinski definition) is 7. The predicted molar refractivity (Wildman–Crippen MR) is 118 cm³/mol. The zero-order chi connectivity index (χ0) is 19.0. The van der Waals surface area contributed by atoms with Gasteiger partial charge in [-0.05, 0) is 24.9 Å². The number of aromatic nitrogens is 4. The van der Waals surface area contributed by atoms with Crippen LogP contribution in [-0.2, 0) is 11.8 Å². The van der Waals surface area contributed by atoms with Crippen LogP contribution in [0.1, 0.15) is 13.3 Å². The molecule has 2 aromatic rings. The minimum atomic E-state index is 0. The molecule has 0 aliphatic carbocycles. The molecule has 4 heterocycles. The molecule has 2 aliphatic heterocycles. The highest BCUT2D eigenvalue weighted by Gasteiger charge is 2.34. The number of carbonyl (C=O) groups is 1. The monoisotopic (exact) mass is 444 g/mol. The third-order valence-corrected chi connectivity index (χ3v) is 5.93. The molecule has 1 unspecified atom stereocenters. The number of halogens is 2. The molecular formula is C18H30Cl2N8O. The highest BCUT2D eigenvalue weighted by molar-refractivity contribution is 5.87. The third kappa shape index (κ3) is 4.74. The van der Waals surface area contributed by atoms with Crippen LogP contribution >= 0.6 is 24.8 Å². The maximum Gasteiger partial charge on any atom is 0.236 e. The second-order valence-electron chi connectivity index (χ2n) is 8.05. The second kappa shape index (κ2) is 9.42. The molecule has 29 heavy (non-hydrogen) atoms. The fourth-order valence-corrected chi connectivity index (χ4v) is 4.09. The molecule has 4 rings (SSSR count). The third-order valence-electron chi connectivity index (χ3n) is 5.93. The number of nitrogens with two attached hydrogens (primary N) is 1. The van der Waals surface area contributed by atoms with Crippen molar-refractivity contribution < 1.29 is 4.79 Å². The van der Waals surface area contributed by atoms with Gasteiger partial charge in [0.05, 0.1) is 18.1 Å². The number of fused-ring (bicyclic) bond motifs is 1. The van der Waals surface area contributed by atoms with Gasteiger partial charge in [0.2, 0.25) is 5.91 Å². The first-order valence-electron chi connectivity index (χ1n) is 9.57. The molecule has 1 atom stereocenters. The van der Waals surface area contributed by atoms with Crippen LogP contribution < -0.4 is 10.6 Å². The minimum absolute atomic E-state index is 0. The Kier molecular flexibility index (Phi) is 7.67. The molecule has 2 saturated heterocycles. The van der Waals surface area contributed by atoms with Gasteiger partial charge >= 0.3 is 0 Å². The molecular weight excluding hydrogens is 415 g/mol. The molecule has 0 radical (unpaired) electrons. The molecule has 2 aliphatic rings. The second-order valence-corrected chi connectivity index (χ2v) is 8.05. The van der Waals surface area contributed by atoms with Crippen molar-refractivity contribution in [2.45, 2.75) is 13.3 Å². The fourth-order valence-electron chi connectivity index (χ4n) is 4.09. The van der Waals surface area contributed by atoms with E-state index in [4.69, 9.17) is 5.73 Å². The van der Waals surface area contributed by atoms with Gasteiger partial charge in [-0.1, -0.05) is 6.92 Å².